The fourth-order valence-corrected chi connectivity index (χ4v) is 3.56. The molecule has 0 aliphatic rings. The van der Waals surface area contributed by atoms with Gasteiger partial charge in [0.15, 0.2) is 5.16 Å². The van der Waals surface area contributed by atoms with Crippen LogP contribution in [-0.2, 0) is 5.75 Å². The van der Waals surface area contributed by atoms with Crippen LogP contribution in [0.5, 0.6) is 0 Å². The summed E-state index contributed by atoms with van der Waals surface area (Å²) in [4.78, 5) is 22.2. The van der Waals surface area contributed by atoms with E-state index in [9.17, 15) is 4.79 Å². The standard InChI is InChI=1S/C19H16N4O2S/c1-12-7-8-20-17(9-12)23-18(24)15-5-3-4-6-16(15)21-19(23)26-11-14-10-13(2)25-22-14/h3-10H,11H2,1-2H3. The minimum absolute atomic E-state index is 0.132. The van der Waals surface area contributed by atoms with E-state index in [1.807, 2.05) is 50.2 Å². The van der Waals surface area contributed by atoms with E-state index in [2.05, 4.69) is 10.1 Å². The first-order valence-electron chi connectivity index (χ1n) is 8.11. The van der Waals surface area contributed by atoms with Crippen LogP contribution in [0.4, 0.5) is 0 Å². The van der Waals surface area contributed by atoms with Crippen LogP contribution in [0.15, 0.2) is 63.1 Å². The summed E-state index contributed by atoms with van der Waals surface area (Å²) in [5.74, 6) is 1.87. The molecule has 1 aromatic carbocycles. The molecule has 0 unspecified atom stereocenters. The molecule has 0 aliphatic heterocycles. The number of thioether (sulfide) groups is 1. The fraction of sp³-hybridized carbons (Fsp3) is 0.158. The number of rotatable bonds is 4. The lowest BCUT2D eigenvalue weighted by Crippen LogP contribution is -2.22. The van der Waals surface area contributed by atoms with Crippen molar-refractivity contribution in [1.29, 1.82) is 0 Å². The number of aromatic nitrogens is 4. The van der Waals surface area contributed by atoms with Gasteiger partial charge in [0.1, 0.15) is 11.6 Å². The van der Waals surface area contributed by atoms with E-state index >= 15 is 0 Å². The summed E-state index contributed by atoms with van der Waals surface area (Å²) in [6.07, 6.45) is 1.70. The van der Waals surface area contributed by atoms with E-state index in [1.165, 1.54) is 11.8 Å². The molecule has 7 heteroatoms. The number of para-hydroxylation sites is 1. The van der Waals surface area contributed by atoms with Gasteiger partial charge in [-0.1, -0.05) is 29.1 Å². The van der Waals surface area contributed by atoms with Crippen LogP contribution >= 0.6 is 11.8 Å². The summed E-state index contributed by atoms with van der Waals surface area (Å²) in [6.45, 7) is 3.82. The van der Waals surface area contributed by atoms with Crippen molar-refractivity contribution in [2.75, 3.05) is 0 Å². The molecule has 26 heavy (non-hydrogen) atoms. The number of aryl methyl sites for hydroxylation is 2. The fourth-order valence-electron chi connectivity index (χ4n) is 2.68. The molecule has 0 saturated heterocycles. The molecule has 0 bridgehead atoms. The van der Waals surface area contributed by atoms with Gasteiger partial charge in [0, 0.05) is 18.0 Å². The molecule has 3 aromatic heterocycles. The van der Waals surface area contributed by atoms with Crippen molar-refractivity contribution in [3.63, 3.8) is 0 Å². The van der Waals surface area contributed by atoms with Crippen LogP contribution in [0.3, 0.4) is 0 Å². The highest BCUT2D eigenvalue weighted by molar-refractivity contribution is 7.98. The first kappa shape index (κ1) is 16.5. The van der Waals surface area contributed by atoms with Gasteiger partial charge < -0.3 is 4.52 Å². The van der Waals surface area contributed by atoms with Gasteiger partial charge in [0.25, 0.3) is 5.56 Å². The lowest BCUT2D eigenvalue weighted by atomic mass is 10.2. The van der Waals surface area contributed by atoms with Crippen LogP contribution in [-0.4, -0.2) is 19.7 Å². The average Bonchev–Trinajstić information content (AvgIpc) is 3.05. The highest BCUT2D eigenvalue weighted by atomic mass is 32.2. The molecule has 0 saturated carbocycles. The van der Waals surface area contributed by atoms with Crippen molar-refractivity contribution in [3.05, 3.63) is 76.0 Å². The highest BCUT2D eigenvalue weighted by Crippen LogP contribution is 2.24. The molecule has 6 nitrogen and oxygen atoms in total. The van der Waals surface area contributed by atoms with Gasteiger partial charge in [-0.2, -0.15) is 0 Å². The molecular weight excluding hydrogens is 348 g/mol. The average molecular weight is 364 g/mol. The Morgan fingerprint density at radius 3 is 2.77 bits per heavy atom. The minimum atomic E-state index is -0.132. The van der Waals surface area contributed by atoms with Crippen LogP contribution < -0.4 is 5.56 Å². The smallest absolute Gasteiger partial charge is 0.267 e. The lowest BCUT2D eigenvalue weighted by molar-refractivity contribution is 0.393. The summed E-state index contributed by atoms with van der Waals surface area (Å²) in [7, 11) is 0. The summed E-state index contributed by atoms with van der Waals surface area (Å²) >= 11 is 1.43. The second-order valence-electron chi connectivity index (χ2n) is 5.96. The first-order chi connectivity index (χ1) is 12.6. The van der Waals surface area contributed by atoms with Crippen molar-refractivity contribution in [1.82, 2.24) is 19.7 Å². The molecule has 0 aliphatic carbocycles. The number of nitrogens with zero attached hydrogens (tertiary/aromatic N) is 4. The Hall–Kier alpha value is -2.93. The van der Waals surface area contributed by atoms with Crippen LogP contribution in [0.1, 0.15) is 17.0 Å². The molecule has 0 atom stereocenters. The Bertz CT molecular complexity index is 1150. The summed E-state index contributed by atoms with van der Waals surface area (Å²) in [5, 5.41) is 5.15. The molecule has 130 valence electrons. The first-order valence-corrected chi connectivity index (χ1v) is 9.10. The quantitative estimate of drug-likeness (QED) is 0.406. The van der Waals surface area contributed by atoms with Crippen LogP contribution in [0.25, 0.3) is 16.7 Å². The Morgan fingerprint density at radius 1 is 1.15 bits per heavy atom. The third-order valence-corrected chi connectivity index (χ3v) is 4.87. The molecular formula is C19H16N4O2S. The van der Waals surface area contributed by atoms with Crippen molar-refractivity contribution in [2.24, 2.45) is 0 Å². The second-order valence-corrected chi connectivity index (χ2v) is 6.90. The largest absolute Gasteiger partial charge is 0.361 e. The molecule has 4 aromatic rings. The van der Waals surface area contributed by atoms with Gasteiger partial charge in [-0.25, -0.2) is 14.5 Å². The summed E-state index contributed by atoms with van der Waals surface area (Å²) in [6, 6.07) is 13.0. The van der Waals surface area contributed by atoms with E-state index < -0.39 is 0 Å². The molecule has 0 radical (unpaired) electrons. The zero-order valence-corrected chi connectivity index (χ0v) is 15.2. The molecule has 0 fully saturated rings. The predicted molar refractivity (Wildman–Crippen MR) is 101 cm³/mol. The minimum Gasteiger partial charge on any atom is -0.361 e. The number of hydrogen-bond donors (Lipinski definition) is 0. The SMILES string of the molecule is Cc1ccnc(-n2c(SCc3cc(C)on3)nc3ccccc3c2=O)c1. The second kappa shape index (κ2) is 6.76. The Kier molecular flexibility index (Phi) is 4.30. The number of benzene rings is 1. The molecule has 4 rings (SSSR count). The van der Waals surface area contributed by atoms with Crippen molar-refractivity contribution >= 4 is 22.7 Å². The topological polar surface area (TPSA) is 73.8 Å². The van der Waals surface area contributed by atoms with E-state index in [0.29, 0.717) is 27.6 Å². The Morgan fingerprint density at radius 2 is 2.00 bits per heavy atom. The van der Waals surface area contributed by atoms with Crippen LogP contribution in [0, 0.1) is 13.8 Å². The van der Waals surface area contributed by atoms with Crippen molar-refractivity contribution in [3.8, 4) is 5.82 Å². The highest BCUT2D eigenvalue weighted by Gasteiger charge is 2.15. The number of hydrogen-bond acceptors (Lipinski definition) is 6. The summed E-state index contributed by atoms with van der Waals surface area (Å²) < 4.78 is 6.68. The normalized spacial score (nSPS) is 11.2. The lowest BCUT2D eigenvalue weighted by Gasteiger charge is -2.12. The zero-order valence-electron chi connectivity index (χ0n) is 14.3. The Balaban J connectivity index is 1.86. The molecule has 3 heterocycles. The number of fused-ring (bicyclic) bond motifs is 1. The van der Waals surface area contributed by atoms with Crippen molar-refractivity contribution in [2.45, 2.75) is 24.8 Å². The van der Waals surface area contributed by atoms with Crippen molar-refractivity contribution < 1.29 is 4.52 Å². The molecule has 0 N–H and O–H groups in total. The number of pyridine rings is 1. The van der Waals surface area contributed by atoms with Gasteiger partial charge in [0.05, 0.1) is 16.6 Å². The van der Waals surface area contributed by atoms with Gasteiger partial charge in [-0.3, -0.25) is 4.79 Å². The monoisotopic (exact) mass is 364 g/mol. The maximum absolute atomic E-state index is 13.1. The van der Waals surface area contributed by atoms with Gasteiger partial charge in [-0.05, 0) is 43.7 Å². The third-order valence-electron chi connectivity index (χ3n) is 3.90. The van der Waals surface area contributed by atoms with E-state index in [0.717, 1.165) is 17.0 Å². The molecule has 0 spiro atoms. The summed E-state index contributed by atoms with van der Waals surface area (Å²) in [5.41, 5.74) is 2.37. The van der Waals surface area contributed by atoms with E-state index in [1.54, 1.807) is 16.8 Å². The third kappa shape index (κ3) is 3.13. The van der Waals surface area contributed by atoms with Gasteiger partial charge >= 0.3 is 0 Å². The van der Waals surface area contributed by atoms with Gasteiger partial charge in [0.2, 0.25) is 0 Å². The van der Waals surface area contributed by atoms with E-state index in [4.69, 9.17) is 9.51 Å². The Labute approximate surface area is 153 Å². The van der Waals surface area contributed by atoms with Crippen LogP contribution in [0.2, 0.25) is 0 Å². The maximum atomic E-state index is 13.1. The van der Waals surface area contributed by atoms with Gasteiger partial charge in [-0.15, -0.1) is 0 Å². The zero-order chi connectivity index (χ0) is 18.1. The maximum Gasteiger partial charge on any atom is 0.267 e. The van der Waals surface area contributed by atoms with E-state index in [-0.39, 0.29) is 5.56 Å². The predicted octanol–water partition coefficient (Wildman–Crippen LogP) is 3.68. The molecule has 0 amide bonds.